The second kappa shape index (κ2) is 7.30. The van der Waals surface area contributed by atoms with Gasteiger partial charge in [-0.2, -0.15) is 0 Å². The Labute approximate surface area is 179 Å². The summed E-state index contributed by atoms with van der Waals surface area (Å²) in [5.41, 5.74) is 3.99. The van der Waals surface area contributed by atoms with Crippen LogP contribution in [0.2, 0.25) is 0 Å². The van der Waals surface area contributed by atoms with Crippen LogP contribution in [0.1, 0.15) is 86.7 Å². The van der Waals surface area contributed by atoms with E-state index in [0.717, 1.165) is 54.7 Å². The van der Waals surface area contributed by atoms with Crippen molar-refractivity contribution in [1.82, 2.24) is 10.4 Å². The third-order valence-electron chi connectivity index (χ3n) is 9.45. The monoisotopic (exact) mass is 414 g/mol. The van der Waals surface area contributed by atoms with Crippen molar-refractivity contribution in [2.75, 3.05) is 6.54 Å². The molecule has 4 nitrogen and oxygen atoms in total. The number of nitrogens with zero attached hydrogens (tertiary/aromatic N) is 1. The first-order chi connectivity index (χ1) is 14.4. The lowest BCUT2D eigenvalue weighted by atomic mass is 9.43. The van der Waals surface area contributed by atoms with E-state index >= 15 is 4.39 Å². The molecule has 4 aliphatic carbocycles. The first-order valence-corrected chi connectivity index (χ1v) is 11.9. The van der Waals surface area contributed by atoms with E-state index in [9.17, 15) is 4.79 Å². The summed E-state index contributed by atoms with van der Waals surface area (Å²) in [5, 5.41) is 8.92. The van der Waals surface area contributed by atoms with E-state index in [2.05, 4.69) is 18.7 Å². The van der Waals surface area contributed by atoms with Crippen LogP contribution in [0.4, 0.5) is 4.39 Å². The van der Waals surface area contributed by atoms with Crippen LogP contribution in [0.5, 0.6) is 0 Å². The van der Waals surface area contributed by atoms with Gasteiger partial charge in [-0.25, -0.2) is 9.87 Å². The van der Waals surface area contributed by atoms with Crippen molar-refractivity contribution in [3.8, 4) is 0 Å². The molecule has 4 fully saturated rings. The van der Waals surface area contributed by atoms with Gasteiger partial charge in [0.15, 0.2) is 0 Å². The first-order valence-electron chi connectivity index (χ1n) is 11.9. The number of halogens is 1. The summed E-state index contributed by atoms with van der Waals surface area (Å²) in [6, 6.07) is 3.03. The number of amides is 1. The summed E-state index contributed by atoms with van der Waals surface area (Å²) >= 11 is 0. The maximum Gasteiger partial charge on any atom is 0.274 e. The van der Waals surface area contributed by atoms with Crippen molar-refractivity contribution in [2.45, 2.75) is 83.7 Å². The van der Waals surface area contributed by atoms with E-state index < -0.39 is 5.91 Å². The summed E-state index contributed by atoms with van der Waals surface area (Å²) in [5.74, 6) is 1.75. The van der Waals surface area contributed by atoms with Crippen LogP contribution in [0.3, 0.4) is 0 Å². The maximum atomic E-state index is 15.1. The molecular formula is C25H35FN2O2. The number of benzene rings is 1. The first kappa shape index (κ1) is 20.4. The van der Waals surface area contributed by atoms with E-state index in [1.165, 1.54) is 44.6 Å². The van der Waals surface area contributed by atoms with E-state index in [1.54, 1.807) is 11.5 Å². The zero-order chi connectivity index (χ0) is 21.1. The molecule has 0 unspecified atom stereocenters. The quantitative estimate of drug-likeness (QED) is 0.522. The van der Waals surface area contributed by atoms with Crippen molar-refractivity contribution in [2.24, 2.45) is 23.2 Å². The molecule has 6 rings (SSSR count). The molecular weight excluding hydrogens is 379 g/mol. The highest BCUT2D eigenvalue weighted by Gasteiger charge is 2.60. The molecule has 0 atom stereocenters. The number of rotatable bonds is 5. The smallest absolute Gasteiger partial charge is 0.274 e. The zero-order valence-corrected chi connectivity index (χ0v) is 18.3. The molecule has 1 aliphatic heterocycles. The Hall–Kier alpha value is -1.46. The fourth-order valence-electron chi connectivity index (χ4n) is 8.64. The molecule has 0 aromatic heterocycles. The average Bonchev–Trinajstić information content (AvgIpc) is 2.73. The lowest BCUT2D eigenvalue weighted by molar-refractivity contribution is -0.157. The highest BCUT2D eigenvalue weighted by Crippen LogP contribution is 2.66. The normalized spacial score (nSPS) is 32.9. The lowest BCUT2D eigenvalue weighted by Gasteiger charge is -2.67. The Balaban J connectivity index is 1.49. The SMILES string of the molecule is CCC(CC)(N1CCc2cc(C(=O)NO)cc(F)c2C1)C12CC3CC(CC(C3)C1)C2. The Morgan fingerprint density at radius 1 is 1.17 bits per heavy atom. The number of fused-ring (bicyclic) bond motifs is 1. The van der Waals surface area contributed by atoms with Gasteiger partial charge in [-0.3, -0.25) is 14.9 Å². The molecule has 1 aromatic carbocycles. The predicted octanol–water partition coefficient (Wildman–Crippen LogP) is 5.08. The van der Waals surface area contributed by atoms with Gasteiger partial charge in [0.2, 0.25) is 0 Å². The number of carbonyl (C=O) groups excluding carboxylic acids is 1. The molecule has 4 saturated carbocycles. The van der Waals surface area contributed by atoms with Gasteiger partial charge < -0.3 is 0 Å². The van der Waals surface area contributed by atoms with E-state index in [4.69, 9.17) is 5.21 Å². The van der Waals surface area contributed by atoms with Crippen LogP contribution in [0.15, 0.2) is 12.1 Å². The second-order valence-corrected chi connectivity index (χ2v) is 10.6. The van der Waals surface area contributed by atoms with Gasteiger partial charge >= 0.3 is 0 Å². The molecule has 0 radical (unpaired) electrons. The van der Waals surface area contributed by atoms with Gasteiger partial charge in [0.05, 0.1) is 0 Å². The third kappa shape index (κ3) is 2.88. The zero-order valence-electron chi connectivity index (χ0n) is 18.3. The standard InChI is InChI=1S/C25H35FN2O2/c1-3-25(4-2,24-12-16-7-17(13-24)9-18(8-16)14-24)28-6-5-19-10-20(23(29)27-30)11-22(26)21(19)15-28/h10-11,16-18,30H,3-9,12-15H2,1-2H3,(H,27,29). The highest BCUT2D eigenvalue weighted by molar-refractivity contribution is 5.93. The summed E-state index contributed by atoms with van der Waals surface area (Å²) in [6.07, 6.45) is 11.4. The highest BCUT2D eigenvalue weighted by atomic mass is 19.1. The summed E-state index contributed by atoms with van der Waals surface area (Å²) in [6.45, 7) is 6.25. The van der Waals surface area contributed by atoms with E-state index in [0.29, 0.717) is 12.0 Å². The molecule has 30 heavy (non-hydrogen) atoms. The van der Waals surface area contributed by atoms with Crippen molar-refractivity contribution in [1.29, 1.82) is 0 Å². The van der Waals surface area contributed by atoms with Gasteiger partial charge in [-0.05, 0) is 98.7 Å². The number of nitrogens with one attached hydrogen (secondary N) is 1. The molecule has 1 aromatic rings. The second-order valence-electron chi connectivity index (χ2n) is 10.6. The molecule has 1 amide bonds. The predicted molar refractivity (Wildman–Crippen MR) is 114 cm³/mol. The van der Waals surface area contributed by atoms with Crippen LogP contribution in [0, 0.1) is 29.0 Å². The molecule has 4 bridgehead atoms. The molecule has 2 N–H and O–H groups in total. The number of hydroxylamine groups is 1. The Morgan fingerprint density at radius 3 is 2.30 bits per heavy atom. The fourth-order valence-corrected chi connectivity index (χ4v) is 8.64. The van der Waals surface area contributed by atoms with Crippen molar-refractivity contribution in [3.63, 3.8) is 0 Å². The number of carbonyl (C=O) groups is 1. The number of hydrogen-bond donors (Lipinski definition) is 2. The van der Waals surface area contributed by atoms with Crippen LogP contribution < -0.4 is 5.48 Å². The van der Waals surface area contributed by atoms with E-state index in [1.807, 2.05) is 0 Å². The maximum absolute atomic E-state index is 15.1. The fraction of sp³-hybridized carbons (Fsp3) is 0.720. The molecule has 5 heteroatoms. The minimum absolute atomic E-state index is 0.133. The largest absolute Gasteiger partial charge is 0.292 e. The molecule has 0 saturated heterocycles. The summed E-state index contributed by atoms with van der Waals surface area (Å²) in [7, 11) is 0. The molecule has 0 spiro atoms. The van der Waals surface area contributed by atoms with E-state index in [-0.39, 0.29) is 16.9 Å². The van der Waals surface area contributed by atoms with Gasteiger partial charge in [-0.1, -0.05) is 13.8 Å². The van der Waals surface area contributed by atoms with Gasteiger partial charge in [0, 0.05) is 29.8 Å². The van der Waals surface area contributed by atoms with Crippen molar-refractivity contribution in [3.05, 3.63) is 34.6 Å². The van der Waals surface area contributed by atoms with Gasteiger partial charge in [-0.15, -0.1) is 0 Å². The molecule has 5 aliphatic rings. The van der Waals surface area contributed by atoms with Crippen molar-refractivity contribution >= 4 is 5.91 Å². The van der Waals surface area contributed by atoms with Gasteiger partial charge in [0.1, 0.15) is 5.82 Å². The molecule has 1 heterocycles. The average molecular weight is 415 g/mol. The minimum atomic E-state index is -0.649. The number of hydrogen-bond acceptors (Lipinski definition) is 3. The third-order valence-corrected chi connectivity index (χ3v) is 9.45. The lowest BCUT2D eigenvalue weighted by Crippen LogP contribution is -2.65. The Kier molecular flexibility index (Phi) is 4.98. The van der Waals surface area contributed by atoms with Crippen molar-refractivity contribution < 1.29 is 14.4 Å². The van der Waals surface area contributed by atoms with Gasteiger partial charge in [0.25, 0.3) is 5.91 Å². The van der Waals surface area contributed by atoms with Crippen LogP contribution in [-0.2, 0) is 13.0 Å². The Bertz CT molecular complexity index is 813. The van der Waals surface area contributed by atoms with Crippen LogP contribution in [0.25, 0.3) is 0 Å². The summed E-state index contributed by atoms with van der Waals surface area (Å²) in [4.78, 5) is 14.4. The van der Waals surface area contributed by atoms with Crippen LogP contribution >= 0.6 is 0 Å². The molecule has 164 valence electrons. The minimum Gasteiger partial charge on any atom is -0.292 e. The summed E-state index contributed by atoms with van der Waals surface area (Å²) < 4.78 is 15.1. The van der Waals surface area contributed by atoms with Crippen LogP contribution in [-0.4, -0.2) is 28.1 Å². The Morgan fingerprint density at radius 2 is 1.77 bits per heavy atom. The topological polar surface area (TPSA) is 52.6 Å².